The van der Waals surface area contributed by atoms with Crippen LogP contribution in [-0.2, 0) is 72.7 Å². The molecule has 0 bridgehead atoms. The second kappa shape index (κ2) is 38.3. The first-order chi connectivity index (χ1) is 57.1. The highest BCUT2D eigenvalue weighted by atomic mass is 127. The molecule has 0 unspecified atom stereocenters. The molecule has 0 spiro atoms. The molecule has 0 radical (unpaired) electrons. The monoisotopic (exact) mass is 1850 g/mol. The molecule has 6 aliphatic heterocycles. The van der Waals surface area contributed by atoms with Gasteiger partial charge in [-0.05, 0) is 281 Å². The summed E-state index contributed by atoms with van der Waals surface area (Å²) in [5.41, 5.74) is 3.79. The van der Waals surface area contributed by atoms with E-state index in [9.17, 15) is 39.3 Å². The molecule has 24 heteroatoms. The average Bonchev–Trinajstić information content (AvgIpc) is 1.66. The molecule has 6 aliphatic rings. The molecule has 6 aromatic carbocycles. The molecule has 19 nitrogen and oxygen atoms in total. The summed E-state index contributed by atoms with van der Waals surface area (Å²) in [5, 5.41) is 31.8. The van der Waals surface area contributed by atoms with Crippen molar-refractivity contribution in [3.05, 3.63) is 263 Å². The van der Waals surface area contributed by atoms with Crippen molar-refractivity contribution in [1.82, 2.24) is 23.8 Å². The van der Waals surface area contributed by atoms with E-state index in [-0.39, 0.29) is 96.8 Å². The molecular formula is C99H132B3BrIN5O14. The first-order valence-corrected chi connectivity index (χ1v) is 45.2. The van der Waals surface area contributed by atoms with Gasteiger partial charge in [0.15, 0.2) is 0 Å². The number of pyridine rings is 2. The van der Waals surface area contributed by atoms with Crippen LogP contribution in [0.3, 0.4) is 0 Å². The van der Waals surface area contributed by atoms with Gasteiger partial charge in [-0.2, -0.15) is 0 Å². The van der Waals surface area contributed by atoms with Crippen LogP contribution in [0.15, 0.2) is 215 Å². The van der Waals surface area contributed by atoms with E-state index in [2.05, 4.69) is 148 Å². The third kappa shape index (κ3) is 23.9. The molecule has 3 N–H and O–H groups in total. The zero-order valence-electron chi connectivity index (χ0n) is 76.8. The van der Waals surface area contributed by atoms with Crippen LogP contribution >= 0.6 is 38.5 Å². The molecule has 6 atom stereocenters. The van der Waals surface area contributed by atoms with Crippen molar-refractivity contribution in [2.45, 2.75) is 288 Å². The number of amides is 3. The van der Waals surface area contributed by atoms with Crippen LogP contribution in [0, 0.1) is 3.57 Å². The number of aryl methyl sites for hydroxylation is 2. The average molecular weight is 1860 g/mol. The van der Waals surface area contributed by atoms with Gasteiger partial charge in [0.25, 0.3) is 11.1 Å². The summed E-state index contributed by atoms with van der Waals surface area (Å²) in [6.07, 6.45) is 8.91. The van der Waals surface area contributed by atoms with Gasteiger partial charge < -0.3 is 67.1 Å². The third-order valence-electron chi connectivity index (χ3n) is 26.8. The third-order valence-corrected chi connectivity index (χ3v) is 28.0. The number of hydrogen-bond acceptors (Lipinski definition) is 14. The topological polar surface area (TPSA) is 221 Å². The van der Waals surface area contributed by atoms with Crippen LogP contribution in [0.2, 0.25) is 0 Å². The molecule has 2 aromatic heterocycles. The van der Waals surface area contributed by atoms with Crippen LogP contribution in [0.1, 0.15) is 255 Å². The van der Waals surface area contributed by atoms with Crippen molar-refractivity contribution in [3.63, 3.8) is 0 Å². The van der Waals surface area contributed by atoms with Gasteiger partial charge in [-0.1, -0.05) is 168 Å². The molecule has 6 fully saturated rings. The summed E-state index contributed by atoms with van der Waals surface area (Å²) in [7, 11) is 2.13. The second-order valence-corrected chi connectivity index (χ2v) is 42.0. The zero-order chi connectivity index (χ0) is 90.7. The van der Waals surface area contributed by atoms with Crippen molar-refractivity contribution in [2.24, 2.45) is 14.1 Å². The Hall–Kier alpha value is -7.33. The van der Waals surface area contributed by atoms with E-state index in [0.717, 1.165) is 77.3 Å². The number of benzene rings is 6. The highest BCUT2D eigenvalue weighted by Crippen LogP contribution is 2.49. The number of nitrogens with zero attached hydrogens (tertiary/aromatic N) is 5. The summed E-state index contributed by atoms with van der Waals surface area (Å²) in [5.74, 6) is 0.402. The predicted molar refractivity (Wildman–Crippen MR) is 505 cm³/mol. The first kappa shape index (κ1) is 97.9. The Morgan fingerprint density at radius 2 is 0.675 bits per heavy atom. The molecule has 3 amide bonds. The highest BCUT2D eigenvalue weighted by molar-refractivity contribution is 14.1. The molecule has 0 saturated carbocycles. The fourth-order valence-electron chi connectivity index (χ4n) is 17.8. The van der Waals surface area contributed by atoms with Gasteiger partial charge in [-0.3, -0.25) is 24.0 Å². The van der Waals surface area contributed by atoms with E-state index >= 15 is 0 Å². The molecule has 660 valence electrons. The highest BCUT2D eigenvalue weighted by Gasteiger charge is 2.64. The largest absolute Gasteiger partial charge is 0.494 e. The van der Waals surface area contributed by atoms with Crippen molar-refractivity contribution in [1.29, 1.82) is 0 Å². The standard InChI is InChI=1S/C29H40BNO4.C29H34N2O3.C23H28BrNO2.C12H24B2O4.C6H6INO/c1-21(22-13-15-24(16-14-22)30-34-27(4,5)28(6,7)35-30)31-18-17-29(19-25(31)32,20-26(2,3)33)23-11-9-8-10-12-23;1-21(22-10-12-23(13-11-22)24-14-16-30(4)26(32)18-24)31-17-15-29(19-27(31)33,20-28(2,3)34)25-8-6-5-7-9-25;1-17(18-9-11-20(24)12-10-18)25-14-13-23(15-21(25)26,16-22(2,3)27)19-7-5-4-6-8-19;1-9(2)10(3,4)16-13(15-9)14-17-11(5,6)12(7,8)18-14;1-8-3-2-5(7)4-6(8)9/h8-16,21,33H,17-20H2,1-7H3;5-14,16,18,21,34H,15,17,19-20H2,1-4H3;4-12,17,27H,13-16H2,1-3H3;1-8H3;2-4H,1H3/t2*21-,29-;17-,23-;;/m000../s1. The quantitative estimate of drug-likeness (QED) is 0.0537. The number of aliphatic hydroxyl groups is 3. The van der Waals surface area contributed by atoms with Crippen molar-refractivity contribution in [2.75, 3.05) is 19.6 Å². The van der Waals surface area contributed by atoms with E-state index < -0.39 is 37.9 Å². The Morgan fingerprint density at radius 1 is 0.390 bits per heavy atom. The van der Waals surface area contributed by atoms with E-state index in [0.29, 0.717) is 58.2 Å². The van der Waals surface area contributed by atoms with Crippen LogP contribution in [0.4, 0.5) is 0 Å². The van der Waals surface area contributed by atoms with Gasteiger partial charge in [0.2, 0.25) is 17.7 Å². The molecule has 6 saturated heterocycles. The molecule has 123 heavy (non-hydrogen) atoms. The molecule has 14 rings (SSSR count). The van der Waals surface area contributed by atoms with Crippen LogP contribution in [0.5, 0.6) is 0 Å². The Labute approximate surface area is 754 Å². The minimum absolute atomic E-state index is 0.0363. The van der Waals surface area contributed by atoms with Gasteiger partial charge in [-0.15, -0.1) is 0 Å². The molecule has 8 heterocycles. The van der Waals surface area contributed by atoms with Gasteiger partial charge >= 0.3 is 21.1 Å². The normalized spacial score (nSPS) is 22.8. The Morgan fingerprint density at radius 3 is 0.959 bits per heavy atom. The summed E-state index contributed by atoms with van der Waals surface area (Å²) in [4.78, 5) is 68.8. The van der Waals surface area contributed by atoms with E-state index in [1.807, 2.05) is 227 Å². The van der Waals surface area contributed by atoms with E-state index in [1.165, 1.54) is 0 Å². The smallest absolute Gasteiger partial charge is 0.405 e. The number of hydrogen-bond donors (Lipinski definition) is 3. The number of halogens is 2. The van der Waals surface area contributed by atoms with Crippen molar-refractivity contribution < 1.29 is 57.6 Å². The minimum atomic E-state index is -0.863. The maximum Gasteiger partial charge on any atom is 0.494 e. The van der Waals surface area contributed by atoms with Crippen LogP contribution in [0.25, 0.3) is 11.1 Å². The van der Waals surface area contributed by atoms with Crippen LogP contribution < -0.4 is 16.6 Å². The van der Waals surface area contributed by atoms with Crippen molar-refractivity contribution >= 4 is 82.8 Å². The summed E-state index contributed by atoms with van der Waals surface area (Å²) in [6, 6.07) is 62.1. The number of carbonyl (C=O) groups is 3. The zero-order valence-corrected chi connectivity index (χ0v) is 80.6. The Bertz CT molecular complexity index is 4950. The second-order valence-electron chi connectivity index (χ2n) is 39.8. The number of carbonyl (C=O) groups excluding carboxylic acids is 3. The SMILES string of the molecule is CC1(C)OB(B2OC(C)(C)C(C)(C)O2)OC1(C)C.C[C@@H](c1ccc(-c2ccn(C)c(=O)c2)cc1)N1CC[C@](CC(C)(C)O)(c2ccccc2)CC1=O.C[C@@H](c1ccc(B2OC(C)(C)C(C)(C)O2)cc1)N1CC[C@](CC(C)(C)O)(c2ccccc2)CC1=O.C[C@@H](c1ccc(Br)cc1)N1CC[C@](CC(C)(C)O)(c2ccccc2)CC1=O.Cn1ccc(I)cc1=O. The minimum Gasteiger partial charge on any atom is -0.405 e. The fourth-order valence-corrected chi connectivity index (χ4v) is 18.5. The number of likely N-dealkylation sites (tertiary alicyclic amines) is 3. The summed E-state index contributed by atoms with van der Waals surface area (Å²) in [6.45, 7) is 43.6. The first-order valence-electron chi connectivity index (χ1n) is 43.3. The van der Waals surface area contributed by atoms with Crippen LogP contribution in [-0.4, -0.2) is 148 Å². The lowest BCUT2D eigenvalue weighted by Gasteiger charge is -2.46. The van der Waals surface area contributed by atoms with Crippen molar-refractivity contribution in [3.8, 4) is 11.1 Å². The number of aromatic nitrogens is 2. The maximum atomic E-state index is 13.5. The molecule has 8 aromatic rings. The van der Waals surface area contributed by atoms with E-state index in [4.69, 9.17) is 27.9 Å². The van der Waals surface area contributed by atoms with Gasteiger partial charge in [-0.25, -0.2) is 0 Å². The van der Waals surface area contributed by atoms with Gasteiger partial charge in [0.1, 0.15) is 0 Å². The Kier molecular flexibility index (Phi) is 30.5. The maximum absolute atomic E-state index is 13.5. The predicted octanol–water partition coefficient (Wildman–Crippen LogP) is 18.1. The fraction of sp³-hybridized carbons (Fsp3) is 0.505. The summed E-state index contributed by atoms with van der Waals surface area (Å²) >= 11 is 5.58. The van der Waals surface area contributed by atoms with Gasteiger partial charge in [0.05, 0.1) is 68.5 Å². The number of rotatable bonds is 18. The van der Waals surface area contributed by atoms with E-state index in [1.54, 1.807) is 47.8 Å². The van der Waals surface area contributed by atoms with Gasteiger partial charge in [0, 0.05) is 102 Å². The number of piperidine rings is 3. The Balaban J connectivity index is 0.000000169. The lowest BCUT2D eigenvalue weighted by atomic mass is 9.49. The molecule has 0 aliphatic carbocycles. The lowest BCUT2D eigenvalue weighted by molar-refractivity contribution is -0.140. The lowest BCUT2D eigenvalue weighted by Crippen LogP contribution is -2.49. The summed E-state index contributed by atoms with van der Waals surface area (Å²) < 4.78 is 41.3. The molecular weight excluding hydrogens is 1720 g/mol.